The van der Waals surface area contributed by atoms with Crippen LogP contribution in [-0.2, 0) is 85.7 Å². The van der Waals surface area contributed by atoms with Gasteiger partial charge in [-0.3, -0.25) is 38.4 Å². The van der Waals surface area contributed by atoms with Crippen LogP contribution in [0.5, 0.6) is 0 Å². The number of rotatable bonds is 28. The number of hydrogen-bond acceptors (Lipinski definition) is 18. The van der Waals surface area contributed by atoms with Crippen molar-refractivity contribution < 1.29 is 85.7 Å². The molecule has 0 aromatic carbocycles. The SMILES string of the molecule is CCCCCCCCCCCCCCCCCC(=O)N[C@@H]1O[C@H](COC(C)=O)[C@@H](O[C@@H]2O[C@H](COC(C)=O)[C@@H](OC(C)=O)[C@H](OC(C)=O)[C@@H]2OC(C)=O)[C@H](OC(C)=O)[C@@H]1OC(C)=O. The van der Waals surface area contributed by atoms with Gasteiger partial charge in [0.15, 0.2) is 43.0 Å². The minimum atomic E-state index is -1.81. The molecule has 19 nitrogen and oxygen atoms in total. The third-order valence-electron chi connectivity index (χ3n) is 10.2. The van der Waals surface area contributed by atoms with E-state index in [2.05, 4.69) is 12.2 Å². The molecule has 2 saturated heterocycles. The molecule has 0 aliphatic carbocycles. The van der Waals surface area contributed by atoms with Crippen LogP contribution in [0.3, 0.4) is 0 Å². The average Bonchev–Trinajstić information content (AvgIpc) is 3.18. The van der Waals surface area contributed by atoms with Crippen LogP contribution in [0, 0.1) is 0 Å². The maximum Gasteiger partial charge on any atom is 0.303 e. The van der Waals surface area contributed by atoms with E-state index >= 15 is 0 Å². The summed E-state index contributed by atoms with van der Waals surface area (Å²) < 4.78 is 56.8. The fourth-order valence-electron chi connectivity index (χ4n) is 7.52. The molecule has 10 atom stereocenters. The van der Waals surface area contributed by atoms with E-state index in [1.807, 2.05) is 0 Å². The molecule has 0 bridgehead atoms. The van der Waals surface area contributed by atoms with Crippen molar-refractivity contribution in [1.82, 2.24) is 5.32 Å². The zero-order valence-electron chi connectivity index (χ0n) is 38.3. The number of hydrogen-bond donors (Lipinski definition) is 1. The lowest BCUT2D eigenvalue weighted by atomic mass is 9.95. The van der Waals surface area contributed by atoms with Gasteiger partial charge in [0.05, 0.1) is 0 Å². The van der Waals surface area contributed by atoms with Crippen molar-refractivity contribution in [3.63, 3.8) is 0 Å². The summed E-state index contributed by atoms with van der Waals surface area (Å²) in [5.41, 5.74) is 0. The monoisotopic (exact) mass is 901 g/mol. The van der Waals surface area contributed by atoms with Crippen molar-refractivity contribution in [1.29, 1.82) is 0 Å². The van der Waals surface area contributed by atoms with Crippen LogP contribution < -0.4 is 5.32 Å². The summed E-state index contributed by atoms with van der Waals surface area (Å²) in [5, 5.41) is 2.71. The average molecular weight is 902 g/mol. The van der Waals surface area contributed by atoms with Gasteiger partial charge in [-0.15, -0.1) is 0 Å². The molecule has 2 aliphatic heterocycles. The predicted octanol–water partition coefficient (Wildman–Crippen LogP) is 4.98. The number of carbonyl (C=O) groups is 8. The summed E-state index contributed by atoms with van der Waals surface area (Å²) in [7, 11) is 0. The summed E-state index contributed by atoms with van der Waals surface area (Å²) >= 11 is 0. The second kappa shape index (κ2) is 29.9. The highest BCUT2D eigenvalue weighted by Crippen LogP contribution is 2.35. The number of amides is 1. The van der Waals surface area contributed by atoms with Crippen LogP contribution in [-0.4, -0.2) is 122 Å². The van der Waals surface area contributed by atoms with Gasteiger partial charge in [0, 0.05) is 54.9 Å². The molecule has 0 saturated carbocycles. The highest BCUT2D eigenvalue weighted by atomic mass is 16.8. The first kappa shape index (κ1) is 54.8. The van der Waals surface area contributed by atoms with Gasteiger partial charge in [0.1, 0.15) is 31.5 Å². The van der Waals surface area contributed by atoms with Gasteiger partial charge >= 0.3 is 41.8 Å². The van der Waals surface area contributed by atoms with Crippen molar-refractivity contribution in [3.05, 3.63) is 0 Å². The quantitative estimate of drug-likeness (QED) is 0.0618. The van der Waals surface area contributed by atoms with Crippen molar-refractivity contribution in [2.75, 3.05) is 13.2 Å². The molecule has 0 radical (unpaired) electrons. The standard InChI is InChI=1S/C44H71NO18/c1-9-10-11-12-13-14-15-16-17-18-19-20-21-22-23-24-36(53)45-43-41(59-32(7)51)39(57-30(5)49)38(34(61-43)25-54-27(2)46)63-44-42(60-33(8)52)40(58-31(6)50)37(56-29(4)48)35(62-44)26-55-28(3)47/h34-35,37-44H,9-26H2,1-8H3,(H,45,53)/t34-,35-,37-,38-,39+,40+,41+,42+,43-,44+/m1/s1. The second-order valence-corrected chi connectivity index (χ2v) is 16.0. The fraction of sp³-hybridized carbons (Fsp3) is 0.818. The van der Waals surface area contributed by atoms with Crippen LogP contribution in [0.2, 0.25) is 0 Å². The molecule has 2 aliphatic rings. The molecule has 2 heterocycles. The number of carbonyl (C=O) groups excluding carboxylic acids is 8. The second-order valence-electron chi connectivity index (χ2n) is 16.0. The zero-order chi connectivity index (χ0) is 46.9. The predicted molar refractivity (Wildman–Crippen MR) is 221 cm³/mol. The van der Waals surface area contributed by atoms with E-state index in [0.717, 1.165) is 74.1 Å². The van der Waals surface area contributed by atoms with Crippen LogP contribution in [0.4, 0.5) is 0 Å². The molecule has 0 aromatic heterocycles. The molecule has 0 unspecified atom stereocenters. The number of unbranched alkanes of at least 4 members (excludes halogenated alkanes) is 14. The number of nitrogens with one attached hydrogen (secondary N) is 1. The third kappa shape index (κ3) is 21.7. The largest absolute Gasteiger partial charge is 0.463 e. The summed E-state index contributed by atoms with van der Waals surface area (Å²) in [6.07, 6.45) is 1.67. The summed E-state index contributed by atoms with van der Waals surface area (Å²) in [4.78, 5) is 99.7. The molecular formula is C44H71NO18. The Kier molecular flexibility index (Phi) is 26.0. The lowest BCUT2D eigenvalue weighted by Gasteiger charge is -2.48. The maximum absolute atomic E-state index is 13.4. The van der Waals surface area contributed by atoms with Gasteiger partial charge in [0.2, 0.25) is 5.91 Å². The zero-order valence-corrected chi connectivity index (χ0v) is 38.3. The highest BCUT2D eigenvalue weighted by Gasteiger charge is 2.57. The van der Waals surface area contributed by atoms with Crippen molar-refractivity contribution in [2.24, 2.45) is 0 Å². The maximum atomic E-state index is 13.4. The smallest absolute Gasteiger partial charge is 0.303 e. The molecule has 0 spiro atoms. The van der Waals surface area contributed by atoms with Crippen molar-refractivity contribution >= 4 is 47.7 Å². The van der Waals surface area contributed by atoms with Crippen LogP contribution in [0.25, 0.3) is 0 Å². The molecule has 0 aromatic rings. The first-order valence-electron chi connectivity index (χ1n) is 22.3. The molecule has 2 fully saturated rings. The summed E-state index contributed by atoms with van der Waals surface area (Å²) in [5.74, 6) is -6.37. The van der Waals surface area contributed by atoms with Gasteiger partial charge in [-0.1, -0.05) is 96.8 Å². The Morgan fingerprint density at radius 2 is 0.778 bits per heavy atom. The Morgan fingerprint density at radius 1 is 0.413 bits per heavy atom. The normalized spacial score (nSPS) is 25.5. The molecular weight excluding hydrogens is 830 g/mol. The Labute approximate surface area is 370 Å². The Bertz CT molecular complexity index is 1470. The topological polar surface area (TPSA) is 241 Å². The molecule has 63 heavy (non-hydrogen) atoms. The molecule has 360 valence electrons. The Hall–Kier alpha value is -4.36. The van der Waals surface area contributed by atoms with E-state index in [0.29, 0.717) is 6.42 Å². The van der Waals surface area contributed by atoms with Gasteiger partial charge in [-0.25, -0.2) is 0 Å². The molecule has 1 amide bonds. The number of ether oxygens (including phenoxy) is 10. The third-order valence-corrected chi connectivity index (χ3v) is 10.2. The fourth-order valence-corrected chi connectivity index (χ4v) is 7.52. The lowest BCUT2D eigenvalue weighted by molar-refractivity contribution is -0.345. The van der Waals surface area contributed by atoms with Crippen molar-refractivity contribution in [3.8, 4) is 0 Å². The van der Waals surface area contributed by atoms with E-state index in [1.165, 1.54) is 64.2 Å². The Morgan fingerprint density at radius 3 is 1.21 bits per heavy atom. The van der Waals surface area contributed by atoms with Crippen LogP contribution in [0.15, 0.2) is 0 Å². The summed E-state index contributed by atoms with van der Waals surface area (Å²) in [6, 6.07) is 0. The first-order valence-corrected chi connectivity index (χ1v) is 22.3. The molecule has 2 rings (SSSR count). The summed E-state index contributed by atoms with van der Waals surface area (Å²) in [6.45, 7) is 8.60. The minimum Gasteiger partial charge on any atom is -0.463 e. The number of esters is 7. The van der Waals surface area contributed by atoms with E-state index in [1.54, 1.807) is 0 Å². The molecule has 19 heteroatoms. The van der Waals surface area contributed by atoms with Crippen molar-refractivity contribution in [2.45, 2.75) is 219 Å². The highest BCUT2D eigenvalue weighted by molar-refractivity contribution is 5.76. The van der Waals surface area contributed by atoms with E-state index < -0.39 is 122 Å². The van der Waals surface area contributed by atoms with E-state index in [-0.39, 0.29) is 6.42 Å². The first-order chi connectivity index (χ1) is 29.9. The van der Waals surface area contributed by atoms with E-state index in [4.69, 9.17) is 47.4 Å². The Balaban J connectivity index is 2.30. The minimum absolute atomic E-state index is 0.0996. The van der Waals surface area contributed by atoms with Crippen LogP contribution >= 0.6 is 0 Å². The van der Waals surface area contributed by atoms with Gasteiger partial charge in [0.25, 0.3) is 0 Å². The van der Waals surface area contributed by atoms with Gasteiger partial charge in [-0.2, -0.15) is 0 Å². The van der Waals surface area contributed by atoms with Gasteiger partial charge < -0.3 is 52.7 Å². The van der Waals surface area contributed by atoms with Gasteiger partial charge in [-0.05, 0) is 6.42 Å². The van der Waals surface area contributed by atoms with Crippen LogP contribution in [0.1, 0.15) is 158 Å². The molecule has 1 N–H and O–H groups in total. The van der Waals surface area contributed by atoms with E-state index in [9.17, 15) is 38.4 Å². The lowest BCUT2D eigenvalue weighted by Crippen LogP contribution is -2.68.